The summed E-state index contributed by atoms with van der Waals surface area (Å²) in [5.74, 6) is 0. The van der Waals surface area contributed by atoms with Crippen LogP contribution in [0.15, 0.2) is 30.6 Å². The van der Waals surface area contributed by atoms with Crippen molar-refractivity contribution in [2.24, 2.45) is 0 Å². The number of hydrogen-bond acceptors (Lipinski definition) is 5. The summed E-state index contributed by atoms with van der Waals surface area (Å²) >= 11 is 0. The topological polar surface area (TPSA) is 69.4 Å². The predicted octanol–water partition coefficient (Wildman–Crippen LogP) is 1.12. The van der Waals surface area contributed by atoms with Crippen LogP contribution in [0.2, 0.25) is 0 Å². The zero-order valence-corrected chi connectivity index (χ0v) is 14.0. The first-order valence-corrected chi connectivity index (χ1v) is 7.75. The molecular weight excluding hydrogens is 293 g/mol. The van der Waals surface area contributed by atoms with Crippen LogP contribution in [-0.4, -0.2) is 38.2 Å². The second-order valence-electron chi connectivity index (χ2n) is 6.80. The van der Waals surface area contributed by atoms with Crippen LogP contribution in [0.4, 0.5) is 0 Å². The minimum absolute atomic E-state index is 0.158. The van der Waals surface area contributed by atoms with Crippen LogP contribution in [0, 0.1) is 0 Å². The van der Waals surface area contributed by atoms with Gasteiger partial charge in [0, 0.05) is 17.9 Å². The standard InChI is InChI=1S/C16H22BN3O3/c1-15(2)16(3,4)23-17(22-15)13-10-20(19-14(13)11-21)9-12-7-5-6-8-18-12/h5-8,10,21H,9,11H2,1-4H3. The molecule has 3 heterocycles. The van der Waals surface area contributed by atoms with Gasteiger partial charge in [-0.2, -0.15) is 5.10 Å². The van der Waals surface area contributed by atoms with Crippen molar-refractivity contribution >= 4 is 12.6 Å². The van der Waals surface area contributed by atoms with E-state index in [-0.39, 0.29) is 6.61 Å². The molecule has 7 heteroatoms. The quantitative estimate of drug-likeness (QED) is 0.856. The van der Waals surface area contributed by atoms with Gasteiger partial charge in [-0.1, -0.05) is 6.07 Å². The zero-order valence-electron chi connectivity index (χ0n) is 14.0. The van der Waals surface area contributed by atoms with Crippen LogP contribution in [-0.2, 0) is 22.5 Å². The van der Waals surface area contributed by atoms with Gasteiger partial charge in [0.2, 0.25) is 0 Å². The van der Waals surface area contributed by atoms with E-state index < -0.39 is 18.3 Å². The average molecular weight is 315 g/mol. The van der Waals surface area contributed by atoms with Crippen molar-refractivity contribution in [2.45, 2.75) is 52.0 Å². The van der Waals surface area contributed by atoms with E-state index in [9.17, 15) is 5.11 Å². The third-order valence-corrected chi connectivity index (χ3v) is 4.58. The molecule has 0 saturated carbocycles. The Labute approximate surface area is 136 Å². The van der Waals surface area contributed by atoms with Gasteiger partial charge in [0.15, 0.2) is 0 Å². The summed E-state index contributed by atoms with van der Waals surface area (Å²) in [6.45, 7) is 8.39. The average Bonchev–Trinajstić information content (AvgIpc) is 2.98. The van der Waals surface area contributed by atoms with E-state index >= 15 is 0 Å². The monoisotopic (exact) mass is 315 g/mol. The first-order chi connectivity index (χ1) is 10.8. The van der Waals surface area contributed by atoms with Crippen LogP contribution in [0.25, 0.3) is 0 Å². The summed E-state index contributed by atoms with van der Waals surface area (Å²) < 4.78 is 13.9. The normalized spacial score (nSPS) is 19.3. The lowest BCUT2D eigenvalue weighted by molar-refractivity contribution is 0.00578. The summed E-state index contributed by atoms with van der Waals surface area (Å²) in [6, 6.07) is 5.75. The highest BCUT2D eigenvalue weighted by Gasteiger charge is 2.52. The molecule has 0 amide bonds. The molecule has 1 aliphatic heterocycles. The minimum Gasteiger partial charge on any atom is -0.399 e. The first kappa shape index (κ1) is 16.2. The molecule has 0 aliphatic carbocycles. The van der Waals surface area contributed by atoms with Crippen molar-refractivity contribution in [3.8, 4) is 0 Å². The number of aromatic nitrogens is 3. The molecule has 0 atom stereocenters. The summed E-state index contributed by atoms with van der Waals surface area (Å²) in [4.78, 5) is 4.30. The summed E-state index contributed by atoms with van der Waals surface area (Å²) in [7, 11) is -0.528. The molecule has 2 aromatic heterocycles. The fourth-order valence-electron chi connectivity index (χ4n) is 2.51. The van der Waals surface area contributed by atoms with Crippen molar-refractivity contribution < 1.29 is 14.4 Å². The maximum Gasteiger partial charge on any atom is 0.498 e. The van der Waals surface area contributed by atoms with E-state index in [1.165, 1.54) is 0 Å². The van der Waals surface area contributed by atoms with E-state index in [0.29, 0.717) is 12.2 Å². The molecule has 122 valence electrons. The molecule has 1 aliphatic rings. The highest BCUT2D eigenvalue weighted by molar-refractivity contribution is 6.62. The van der Waals surface area contributed by atoms with Gasteiger partial charge in [-0.3, -0.25) is 9.67 Å². The van der Waals surface area contributed by atoms with Crippen molar-refractivity contribution in [2.75, 3.05) is 0 Å². The molecule has 3 rings (SSSR count). The summed E-state index contributed by atoms with van der Waals surface area (Å²) in [5, 5.41) is 14.0. The van der Waals surface area contributed by atoms with E-state index in [1.54, 1.807) is 10.9 Å². The number of nitrogens with zero attached hydrogens (tertiary/aromatic N) is 3. The predicted molar refractivity (Wildman–Crippen MR) is 87.2 cm³/mol. The van der Waals surface area contributed by atoms with Crippen molar-refractivity contribution in [3.63, 3.8) is 0 Å². The Kier molecular flexibility index (Phi) is 4.04. The van der Waals surface area contributed by atoms with Crippen molar-refractivity contribution in [3.05, 3.63) is 42.0 Å². The van der Waals surface area contributed by atoms with E-state index in [0.717, 1.165) is 11.2 Å². The number of hydrogen-bond donors (Lipinski definition) is 1. The van der Waals surface area contributed by atoms with Crippen LogP contribution in [0.1, 0.15) is 39.1 Å². The molecule has 0 unspecified atom stereocenters. The van der Waals surface area contributed by atoms with Crippen LogP contribution in [0.5, 0.6) is 0 Å². The maximum atomic E-state index is 9.62. The molecule has 6 nitrogen and oxygen atoms in total. The lowest BCUT2D eigenvalue weighted by Gasteiger charge is -2.32. The first-order valence-electron chi connectivity index (χ1n) is 7.75. The molecule has 0 aromatic carbocycles. The second kappa shape index (κ2) is 5.74. The van der Waals surface area contributed by atoms with Crippen molar-refractivity contribution in [1.82, 2.24) is 14.8 Å². The number of rotatable bonds is 4. The Morgan fingerprint density at radius 2 is 1.87 bits per heavy atom. The van der Waals surface area contributed by atoms with E-state index in [2.05, 4.69) is 10.1 Å². The Morgan fingerprint density at radius 3 is 2.43 bits per heavy atom. The third-order valence-electron chi connectivity index (χ3n) is 4.58. The molecule has 23 heavy (non-hydrogen) atoms. The Bertz CT molecular complexity index is 669. The van der Waals surface area contributed by atoms with Gasteiger partial charge >= 0.3 is 7.12 Å². The van der Waals surface area contributed by atoms with Gasteiger partial charge in [0.25, 0.3) is 0 Å². The smallest absolute Gasteiger partial charge is 0.399 e. The third kappa shape index (κ3) is 3.04. The maximum absolute atomic E-state index is 9.62. The molecular formula is C16H22BN3O3. The minimum atomic E-state index is -0.528. The Morgan fingerprint density at radius 1 is 1.17 bits per heavy atom. The Balaban J connectivity index is 1.86. The lowest BCUT2D eigenvalue weighted by atomic mass is 9.79. The molecule has 1 fully saturated rings. The zero-order chi connectivity index (χ0) is 16.7. The highest BCUT2D eigenvalue weighted by atomic mass is 16.7. The van der Waals surface area contributed by atoms with Crippen molar-refractivity contribution in [1.29, 1.82) is 0 Å². The highest BCUT2D eigenvalue weighted by Crippen LogP contribution is 2.36. The van der Waals surface area contributed by atoms with E-state index in [1.807, 2.05) is 52.1 Å². The molecule has 0 spiro atoms. The van der Waals surface area contributed by atoms with Crippen LogP contribution >= 0.6 is 0 Å². The summed E-state index contributed by atoms with van der Waals surface area (Å²) in [5.41, 5.74) is 1.39. The second-order valence-corrected chi connectivity index (χ2v) is 6.80. The number of aliphatic hydroxyl groups excluding tert-OH is 1. The molecule has 2 aromatic rings. The van der Waals surface area contributed by atoms with Gasteiger partial charge in [0.05, 0.1) is 35.7 Å². The number of aliphatic hydroxyl groups is 1. The fraction of sp³-hybridized carbons (Fsp3) is 0.500. The summed E-state index contributed by atoms with van der Waals surface area (Å²) in [6.07, 6.45) is 3.61. The van der Waals surface area contributed by atoms with E-state index in [4.69, 9.17) is 9.31 Å². The lowest BCUT2D eigenvalue weighted by Crippen LogP contribution is -2.41. The van der Waals surface area contributed by atoms with Crippen LogP contribution in [0.3, 0.4) is 0 Å². The van der Waals surface area contributed by atoms with Gasteiger partial charge in [-0.05, 0) is 39.8 Å². The fourth-order valence-corrected chi connectivity index (χ4v) is 2.51. The largest absolute Gasteiger partial charge is 0.498 e. The number of pyridine rings is 1. The van der Waals surface area contributed by atoms with Gasteiger partial charge in [-0.25, -0.2) is 0 Å². The SMILES string of the molecule is CC1(C)OB(c2cn(Cc3ccccn3)nc2CO)OC1(C)C. The van der Waals surface area contributed by atoms with Gasteiger partial charge in [0.1, 0.15) is 0 Å². The van der Waals surface area contributed by atoms with Crippen LogP contribution < -0.4 is 5.46 Å². The molecule has 0 bridgehead atoms. The molecule has 0 radical (unpaired) electrons. The van der Waals surface area contributed by atoms with Gasteiger partial charge < -0.3 is 14.4 Å². The van der Waals surface area contributed by atoms with Gasteiger partial charge in [-0.15, -0.1) is 0 Å². The molecule has 1 N–H and O–H groups in total. The molecule has 1 saturated heterocycles. The Hall–Kier alpha value is -1.70.